The average Bonchev–Trinajstić information content (AvgIpc) is 2.34. The van der Waals surface area contributed by atoms with Gasteiger partial charge in [-0.25, -0.2) is 0 Å². The van der Waals surface area contributed by atoms with Crippen LogP contribution in [0.25, 0.3) is 0 Å². The summed E-state index contributed by atoms with van der Waals surface area (Å²) in [6, 6.07) is 5.80. The quantitative estimate of drug-likeness (QED) is 0.757. The fourth-order valence-electron chi connectivity index (χ4n) is 1.90. The molecule has 2 N–H and O–H groups in total. The van der Waals surface area contributed by atoms with Crippen molar-refractivity contribution in [3.63, 3.8) is 0 Å². The Morgan fingerprint density at radius 2 is 2.00 bits per heavy atom. The number of hydrogen-bond donors (Lipinski definition) is 1. The van der Waals surface area contributed by atoms with Crippen molar-refractivity contribution in [2.24, 2.45) is 5.92 Å². The SMILES string of the molecule is COCCN(CC(C)C)c1ccc(OC)cc1N. The van der Waals surface area contributed by atoms with E-state index in [-0.39, 0.29) is 0 Å². The van der Waals surface area contributed by atoms with Gasteiger partial charge in [-0.1, -0.05) is 13.8 Å². The normalized spacial score (nSPS) is 10.7. The molecule has 1 aromatic rings. The Morgan fingerprint density at radius 1 is 1.28 bits per heavy atom. The van der Waals surface area contributed by atoms with E-state index >= 15 is 0 Å². The van der Waals surface area contributed by atoms with Crippen LogP contribution in [0.3, 0.4) is 0 Å². The van der Waals surface area contributed by atoms with Crippen molar-refractivity contribution in [2.45, 2.75) is 13.8 Å². The maximum Gasteiger partial charge on any atom is 0.121 e. The van der Waals surface area contributed by atoms with Gasteiger partial charge in [-0.2, -0.15) is 0 Å². The van der Waals surface area contributed by atoms with Gasteiger partial charge in [0.15, 0.2) is 0 Å². The maximum atomic E-state index is 6.08. The lowest BCUT2D eigenvalue weighted by atomic mass is 10.1. The summed E-state index contributed by atoms with van der Waals surface area (Å²) in [5.41, 5.74) is 7.87. The van der Waals surface area contributed by atoms with Gasteiger partial charge in [0.1, 0.15) is 5.75 Å². The zero-order chi connectivity index (χ0) is 13.5. The van der Waals surface area contributed by atoms with Crippen LogP contribution in [0.5, 0.6) is 5.75 Å². The van der Waals surface area contributed by atoms with E-state index in [1.54, 1.807) is 14.2 Å². The molecule has 1 aromatic carbocycles. The fourth-order valence-corrected chi connectivity index (χ4v) is 1.90. The number of hydrogen-bond acceptors (Lipinski definition) is 4. The molecule has 102 valence electrons. The smallest absolute Gasteiger partial charge is 0.121 e. The topological polar surface area (TPSA) is 47.7 Å². The summed E-state index contributed by atoms with van der Waals surface area (Å²) in [4.78, 5) is 2.25. The van der Waals surface area contributed by atoms with Gasteiger partial charge in [-0.3, -0.25) is 0 Å². The van der Waals surface area contributed by atoms with E-state index < -0.39 is 0 Å². The van der Waals surface area contributed by atoms with Gasteiger partial charge >= 0.3 is 0 Å². The molecular formula is C14H24N2O2. The molecule has 0 aromatic heterocycles. The van der Waals surface area contributed by atoms with Gasteiger partial charge < -0.3 is 20.1 Å². The van der Waals surface area contributed by atoms with Crippen molar-refractivity contribution in [1.29, 1.82) is 0 Å². The number of nitrogens with zero attached hydrogens (tertiary/aromatic N) is 1. The summed E-state index contributed by atoms with van der Waals surface area (Å²) in [5.74, 6) is 1.36. The lowest BCUT2D eigenvalue weighted by Gasteiger charge is -2.27. The Morgan fingerprint density at radius 3 is 2.50 bits per heavy atom. The van der Waals surface area contributed by atoms with Crippen LogP contribution in [0.15, 0.2) is 18.2 Å². The number of benzene rings is 1. The van der Waals surface area contributed by atoms with Crippen LogP contribution in [0, 0.1) is 5.92 Å². The first-order valence-electron chi connectivity index (χ1n) is 6.26. The standard InChI is InChI=1S/C14H24N2O2/c1-11(2)10-16(7-8-17-3)14-6-5-12(18-4)9-13(14)15/h5-6,9,11H,7-8,10,15H2,1-4H3. The lowest BCUT2D eigenvalue weighted by Crippen LogP contribution is -2.31. The van der Waals surface area contributed by atoms with Crippen molar-refractivity contribution in [2.75, 3.05) is 44.5 Å². The minimum Gasteiger partial charge on any atom is -0.497 e. The first-order chi connectivity index (χ1) is 8.58. The largest absolute Gasteiger partial charge is 0.497 e. The number of nitrogen functional groups attached to an aromatic ring is 1. The van der Waals surface area contributed by atoms with Crippen LogP contribution in [-0.4, -0.2) is 33.9 Å². The average molecular weight is 252 g/mol. The number of ether oxygens (including phenoxy) is 2. The van der Waals surface area contributed by atoms with Crippen molar-refractivity contribution < 1.29 is 9.47 Å². The van der Waals surface area contributed by atoms with Crippen molar-refractivity contribution in [3.05, 3.63) is 18.2 Å². The minimum atomic E-state index is 0.573. The second-order valence-corrected chi connectivity index (χ2v) is 4.76. The molecule has 18 heavy (non-hydrogen) atoms. The van der Waals surface area contributed by atoms with Gasteiger partial charge in [0, 0.05) is 26.3 Å². The molecule has 1 rings (SSSR count). The molecule has 0 spiro atoms. The summed E-state index contributed by atoms with van der Waals surface area (Å²) in [6.07, 6.45) is 0. The zero-order valence-corrected chi connectivity index (χ0v) is 11.8. The predicted octanol–water partition coefficient (Wildman–Crippen LogP) is 2.39. The zero-order valence-electron chi connectivity index (χ0n) is 11.8. The molecule has 0 saturated carbocycles. The first-order valence-corrected chi connectivity index (χ1v) is 6.26. The molecule has 0 atom stereocenters. The molecule has 0 amide bonds. The van der Waals surface area contributed by atoms with Crippen molar-refractivity contribution in [3.8, 4) is 5.75 Å². The molecule has 0 aliphatic heterocycles. The third kappa shape index (κ3) is 4.11. The van der Waals surface area contributed by atoms with Gasteiger partial charge in [0.2, 0.25) is 0 Å². The maximum absolute atomic E-state index is 6.08. The molecule has 0 heterocycles. The molecule has 0 aliphatic rings. The Bertz CT molecular complexity index is 367. The summed E-state index contributed by atoms with van der Waals surface area (Å²) in [6.45, 7) is 6.88. The van der Waals surface area contributed by atoms with E-state index in [0.29, 0.717) is 12.5 Å². The van der Waals surface area contributed by atoms with Crippen molar-refractivity contribution in [1.82, 2.24) is 0 Å². The molecule has 0 aliphatic carbocycles. The summed E-state index contributed by atoms with van der Waals surface area (Å²) >= 11 is 0. The number of methoxy groups -OCH3 is 2. The third-order valence-corrected chi connectivity index (χ3v) is 2.73. The molecule has 0 radical (unpaired) electrons. The fraction of sp³-hybridized carbons (Fsp3) is 0.571. The Hall–Kier alpha value is -1.42. The highest BCUT2D eigenvalue weighted by Crippen LogP contribution is 2.28. The third-order valence-electron chi connectivity index (χ3n) is 2.73. The highest BCUT2D eigenvalue weighted by molar-refractivity contribution is 5.69. The summed E-state index contributed by atoms with van der Waals surface area (Å²) in [7, 11) is 3.36. The number of rotatable bonds is 7. The summed E-state index contributed by atoms with van der Waals surface area (Å²) in [5, 5.41) is 0. The predicted molar refractivity (Wildman–Crippen MR) is 76.3 cm³/mol. The second-order valence-electron chi connectivity index (χ2n) is 4.76. The molecular weight excluding hydrogens is 228 g/mol. The Labute approximate surface area is 110 Å². The van der Waals surface area contributed by atoms with Crippen molar-refractivity contribution >= 4 is 11.4 Å². The van der Waals surface area contributed by atoms with E-state index in [9.17, 15) is 0 Å². The molecule has 0 fully saturated rings. The molecule has 0 saturated heterocycles. The van der Waals surface area contributed by atoms with E-state index in [2.05, 4.69) is 18.7 Å². The molecule has 0 unspecified atom stereocenters. The van der Waals surface area contributed by atoms with Gasteiger partial charge in [-0.05, 0) is 18.1 Å². The molecule has 0 bridgehead atoms. The van der Waals surface area contributed by atoms with E-state index in [0.717, 1.165) is 30.2 Å². The number of nitrogens with two attached hydrogens (primary N) is 1. The van der Waals surface area contributed by atoms with Gasteiger partial charge in [-0.15, -0.1) is 0 Å². The molecule has 4 heteroatoms. The minimum absolute atomic E-state index is 0.573. The lowest BCUT2D eigenvalue weighted by molar-refractivity contribution is 0.204. The van der Waals surface area contributed by atoms with Crippen LogP contribution < -0.4 is 15.4 Å². The van der Waals surface area contributed by atoms with E-state index in [1.807, 2.05) is 18.2 Å². The highest BCUT2D eigenvalue weighted by Gasteiger charge is 2.12. The van der Waals surface area contributed by atoms with Gasteiger partial charge in [0.05, 0.1) is 25.1 Å². The van der Waals surface area contributed by atoms with Crippen LogP contribution in [0.4, 0.5) is 11.4 Å². The highest BCUT2D eigenvalue weighted by atomic mass is 16.5. The Balaban J connectivity index is 2.89. The summed E-state index contributed by atoms with van der Waals surface area (Å²) < 4.78 is 10.3. The van der Waals surface area contributed by atoms with E-state index in [4.69, 9.17) is 15.2 Å². The van der Waals surface area contributed by atoms with Crippen LogP contribution >= 0.6 is 0 Å². The van der Waals surface area contributed by atoms with Crippen LogP contribution in [0.1, 0.15) is 13.8 Å². The monoisotopic (exact) mass is 252 g/mol. The van der Waals surface area contributed by atoms with E-state index in [1.165, 1.54) is 0 Å². The molecule has 4 nitrogen and oxygen atoms in total. The van der Waals surface area contributed by atoms with Crippen LogP contribution in [0.2, 0.25) is 0 Å². The Kier molecular flexibility index (Phi) is 5.78. The number of anilines is 2. The first kappa shape index (κ1) is 14.6. The van der Waals surface area contributed by atoms with Gasteiger partial charge in [0.25, 0.3) is 0 Å². The van der Waals surface area contributed by atoms with Crippen LogP contribution in [-0.2, 0) is 4.74 Å². The second kappa shape index (κ2) is 7.11.